The Balaban J connectivity index is 2.00. The fraction of sp³-hybridized carbons (Fsp3) is 0.913. The fourth-order valence-corrected chi connectivity index (χ4v) is 41.0. The zero-order valence-corrected chi connectivity index (χ0v) is 39.1. The molecule has 0 heterocycles. The van der Waals surface area contributed by atoms with Crippen LogP contribution in [0.5, 0.6) is 0 Å². The van der Waals surface area contributed by atoms with Crippen molar-refractivity contribution in [2.45, 2.75) is 265 Å². The maximum absolute atomic E-state index is 3.15. The lowest BCUT2D eigenvalue weighted by molar-refractivity contribution is 0.471. The molecule has 0 aromatic heterocycles. The van der Waals surface area contributed by atoms with Gasteiger partial charge >= 0.3 is 0 Å². The third-order valence-electron chi connectivity index (χ3n) is 13.3. The lowest BCUT2D eigenvalue weighted by atomic mass is 9.99. The van der Waals surface area contributed by atoms with Crippen molar-refractivity contribution in [3.05, 3.63) is 24.3 Å². The van der Waals surface area contributed by atoms with E-state index in [0.29, 0.717) is 9.79 Å². The highest BCUT2D eigenvalue weighted by molar-refractivity contribution is 7.87. The maximum Gasteiger partial charge on any atom is 0.0468 e. The van der Waals surface area contributed by atoms with Gasteiger partial charge in [-0.1, -0.05) is 216 Å². The van der Waals surface area contributed by atoms with E-state index >= 15 is 0 Å². The van der Waals surface area contributed by atoms with Crippen LogP contribution in [0.15, 0.2) is 24.3 Å². The standard InChI is InChI=1S/C46H84P4/c1-41(2,3)49(42(4,5)6)45(47(37-27-17-13-18-28-37)38-29-19-14-20-30-38)35-25-26-36-46(45,50(43(7,8)9)44(10,11)12)48(39-31-21-15-22-32-39)40-33-23-16-24-34-40/h25-26,35-40H,13-24,27-34H2,1-12H3. The van der Waals surface area contributed by atoms with E-state index in [1.54, 1.807) is 0 Å². The molecular formula is C46H84P4. The van der Waals surface area contributed by atoms with Crippen molar-refractivity contribution in [2.24, 2.45) is 0 Å². The van der Waals surface area contributed by atoms with Gasteiger partial charge in [-0.25, -0.2) is 0 Å². The van der Waals surface area contributed by atoms with E-state index in [9.17, 15) is 0 Å². The highest BCUT2D eigenvalue weighted by Crippen LogP contribution is 2.96. The van der Waals surface area contributed by atoms with Crippen molar-refractivity contribution >= 4 is 31.7 Å². The molecule has 0 aromatic rings. The van der Waals surface area contributed by atoms with Gasteiger partial charge in [-0.05, 0) is 94.6 Å². The predicted octanol–water partition coefficient (Wildman–Crippen LogP) is 17.0. The van der Waals surface area contributed by atoms with E-state index in [-0.39, 0.29) is 36.5 Å². The minimum absolute atomic E-state index is 0.233. The topological polar surface area (TPSA) is 0 Å². The summed E-state index contributed by atoms with van der Waals surface area (Å²) in [4.78, 5) is 0.583. The van der Waals surface area contributed by atoms with Crippen LogP contribution in [-0.2, 0) is 0 Å². The van der Waals surface area contributed by atoms with E-state index in [2.05, 4.69) is 107 Å². The number of rotatable bonds is 8. The van der Waals surface area contributed by atoms with Crippen LogP contribution >= 0.6 is 31.7 Å². The monoisotopic (exact) mass is 761 g/mol. The molecule has 0 aromatic carbocycles. The molecule has 4 saturated carbocycles. The zero-order valence-electron chi connectivity index (χ0n) is 35.5. The molecule has 50 heavy (non-hydrogen) atoms. The van der Waals surface area contributed by atoms with Gasteiger partial charge in [0.15, 0.2) is 0 Å². The van der Waals surface area contributed by atoms with Crippen molar-refractivity contribution in [3.8, 4) is 0 Å². The van der Waals surface area contributed by atoms with E-state index < -0.39 is 15.8 Å². The first-order valence-corrected chi connectivity index (χ1v) is 27.6. The fourth-order valence-electron chi connectivity index (χ4n) is 13.1. The van der Waals surface area contributed by atoms with Crippen LogP contribution in [0, 0.1) is 0 Å². The first kappa shape index (κ1) is 42.3. The summed E-state index contributed by atoms with van der Waals surface area (Å²) in [6.45, 7) is 33.0. The molecule has 2 unspecified atom stereocenters. The Morgan fingerprint density at radius 2 is 0.540 bits per heavy atom. The molecule has 2 atom stereocenters. The SMILES string of the molecule is CC(C)(C)P(C(C)(C)C)C1(P(C2CCCCC2)C2CCCCC2)C=CC=CC1(P(C1CCCCC1)C1CCCCC1)P(C(C)(C)C)C(C)(C)C. The molecule has 0 aliphatic heterocycles. The molecule has 0 bridgehead atoms. The molecule has 5 rings (SSSR count). The average Bonchev–Trinajstić information content (AvgIpc) is 3.02. The second-order valence-corrected chi connectivity index (χ2v) is 36.3. The van der Waals surface area contributed by atoms with Crippen LogP contribution in [0.4, 0.5) is 0 Å². The molecule has 4 fully saturated rings. The van der Waals surface area contributed by atoms with Gasteiger partial charge in [0.05, 0.1) is 0 Å². The summed E-state index contributed by atoms with van der Waals surface area (Å²) in [5.74, 6) is 0. The molecule has 0 N–H and O–H groups in total. The minimum atomic E-state index is -0.400. The van der Waals surface area contributed by atoms with E-state index in [4.69, 9.17) is 0 Å². The van der Waals surface area contributed by atoms with Crippen LogP contribution in [0.25, 0.3) is 0 Å². The molecule has 4 heteroatoms. The quantitative estimate of drug-likeness (QED) is 0.216. The molecular weight excluding hydrogens is 676 g/mol. The third kappa shape index (κ3) is 8.61. The summed E-state index contributed by atoms with van der Waals surface area (Å²) in [5.41, 5.74) is 3.83. The first-order chi connectivity index (χ1) is 23.4. The third-order valence-corrected chi connectivity index (χ3v) is 32.2. The Morgan fingerprint density at radius 1 is 0.340 bits per heavy atom. The lowest BCUT2D eigenvalue weighted by Gasteiger charge is -2.73. The second-order valence-electron chi connectivity index (χ2n) is 21.5. The van der Waals surface area contributed by atoms with Crippen molar-refractivity contribution < 1.29 is 0 Å². The molecule has 5 aliphatic carbocycles. The summed E-state index contributed by atoms with van der Waals surface area (Å²) >= 11 is 0. The van der Waals surface area contributed by atoms with Crippen molar-refractivity contribution in [3.63, 3.8) is 0 Å². The van der Waals surface area contributed by atoms with Gasteiger partial charge in [0.1, 0.15) is 0 Å². The Hall–Kier alpha value is 1.20. The highest BCUT2D eigenvalue weighted by Gasteiger charge is 2.72. The molecule has 0 radical (unpaired) electrons. The Kier molecular flexibility index (Phi) is 14.2. The number of hydrogen-bond donors (Lipinski definition) is 0. The van der Waals surface area contributed by atoms with Gasteiger partial charge in [-0.3, -0.25) is 0 Å². The Labute approximate surface area is 319 Å². The summed E-state index contributed by atoms with van der Waals surface area (Å²) in [5, 5.41) is 1.15. The van der Waals surface area contributed by atoms with Gasteiger partial charge in [0, 0.05) is 9.79 Å². The van der Waals surface area contributed by atoms with Gasteiger partial charge in [0.2, 0.25) is 0 Å². The second kappa shape index (κ2) is 16.7. The smallest absolute Gasteiger partial charge is 0.0468 e. The molecule has 288 valence electrons. The molecule has 0 amide bonds. The van der Waals surface area contributed by atoms with Crippen LogP contribution < -0.4 is 0 Å². The average molecular weight is 761 g/mol. The largest absolute Gasteiger partial charge is 0.0837 e. The summed E-state index contributed by atoms with van der Waals surface area (Å²) in [7, 11) is -1.27. The molecule has 5 aliphatic rings. The van der Waals surface area contributed by atoms with E-state index in [0.717, 1.165) is 22.6 Å². The van der Waals surface area contributed by atoms with Crippen LogP contribution in [0.2, 0.25) is 0 Å². The lowest BCUT2D eigenvalue weighted by Crippen LogP contribution is -2.60. The predicted molar refractivity (Wildman–Crippen MR) is 238 cm³/mol. The van der Waals surface area contributed by atoms with Crippen LogP contribution in [-0.4, -0.2) is 53.1 Å². The van der Waals surface area contributed by atoms with Gasteiger partial charge in [-0.2, -0.15) is 0 Å². The van der Waals surface area contributed by atoms with E-state index in [1.807, 2.05) is 0 Å². The number of allylic oxidation sites excluding steroid dienone is 4. The van der Waals surface area contributed by atoms with Gasteiger partial charge < -0.3 is 0 Å². The van der Waals surface area contributed by atoms with Crippen molar-refractivity contribution in [2.75, 3.05) is 0 Å². The van der Waals surface area contributed by atoms with Crippen molar-refractivity contribution in [1.82, 2.24) is 0 Å². The first-order valence-electron chi connectivity index (χ1n) is 21.9. The van der Waals surface area contributed by atoms with Crippen LogP contribution in [0.1, 0.15) is 212 Å². The minimum Gasteiger partial charge on any atom is -0.0837 e. The van der Waals surface area contributed by atoms with Crippen LogP contribution in [0.3, 0.4) is 0 Å². The summed E-state index contributed by atoms with van der Waals surface area (Å²) in [6.07, 6.45) is 41.9. The molecule has 0 spiro atoms. The highest BCUT2D eigenvalue weighted by atomic mass is 31.2. The van der Waals surface area contributed by atoms with Gasteiger partial charge in [-0.15, -0.1) is 0 Å². The normalized spacial score (nSPS) is 29.6. The zero-order chi connectivity index (χ0) is 36.6. The van der Waals surface area contributed by atoms with Crippen molar-refractivity contribution in [1.29, 1.82) is 0 Å². The molecule has 0 saturated heterocycles. The van der Waals surface area contributed by atoms with E-state index in [1.165, 1.54) is 128 Å². The summed E-state index contributed by atoms with van der Waals surface area (Å²) < 4.78 is 0. The van der Waals surface area contributed by atoms with Gasteiger partial charge in [0.25, 0.3) is 0 Å². The Morgan fingerprint density at radius 3 is 0.720 bits per heavy atom. The molecule has 0 nitrogen and oxygen atoms in total. The number of hydrogen-bond acceptors (Lipinski definition) is 0. The summed E-state index contributed by atoms with van der Waals surface area (Å²) in [6, 6.07) is 0. The maximum atomic E-state index is 3.15. The Bertz CT molecular complexity index is 965.